The second-order valence-electron chi connectivity index (χ2n) is 7.33. The molecule has 2 aromatic rings. The minimum atomic E-state index is -0.858. The molecule has 3 atom stereocenters. The summed E-state index contributed by atoms with van der Waals surface area (Å²) in [5.41, 5.74) is 5.12. The zero-order chi connectivity index (χ0) is 17.6. The number of anilines is 1. The molecule has 0 amide bonds. The first kappa shape index (κ1) is 15.9. The fourth-order valence-corrected chi connectivity index (χ4v) is 4.40. The highest BCUT2D eigenvalue weighted by Crippen LogP contribution is 2.51. The number of carboxylic acid groups (broad SMARTS) is 1. The monoisotopic (exact) mass is 333 g/mol. The van der Waals surface area contributed by atoms with Crippen LogP contribution in [-0.2, 0) is 0 Å². The summed E-state index contributed by atoms with van der Waals surface area (Å²) in [5, 5.41) is 13.4. The Morgan fingerprint density at radius 1 is 1.12 bits per heavy atom. The summed E-state index contributed by atoms with van der Waals surface area (Å²) in [5.74, 6) is 0.264. The minimum Gasteiger partial charge on any atom is -0.478 e. The summed E-state index contributed by atoms with van der Waals surface area (Å²) in [6, 6.07) is 13.9. The number of fused-ring (bicyclic) bond motifs is 3. The molecule has 0 spiro atoms. The van der Waals surface area contributed by atoms with Crippen LogP contribution in [-0.4, -0.2) is 11.1 Å². The Hall–Kier alpha value is -2.55. The molecule has 0 unspecified atom stereocenters. The number of carbonyl (C=O) groups is 1. The highest BCUT2D eigenvalue weighted by molar-refractivity contribution is 5.90. The van der Waals surface area contributed by atoms with Crippen molar-refractivity contribution in [1.82, 2.24) is 0 Å². The third-order valence-electron chi connectivity index (χ3n) is 5.58. The molecule has 0 aromatic heterocycles. The lowest BCUT2D eigenvalue weighted by molar-refractivity contribution is 0.0694. The first-order chi connectivity index (χ1) is 12.1. The SMILES string of the molecule is CC(C)c1cccc2c1N[C@H](c1ccccc1C(=O)O)[C@@H]1CC=C[C@@H]21. The van der Waals surface area contributed by atoms with Gasteiger partial charge in [0.25, 0.3) is 0 Å². The van der Waals surface area contributed by atoms with Crippen molar-refractivity contribution in [2.24, 2.45) is 5.92 Å². The molecular formula is C22H23NO2. The van der Waals surface area contributed by atoms with Crippen LogP contribution >= 0.6 is 0 Å². The number of allylic oxidation sites excluding steroid dienone is 2. The topological polar surface area (TPSA) is 49.3 Å². The molecule has 1 aliphatic carbocycles. The van der Waals surface area contributed by atoms with Gasteiger partial charge in [-0.3, -0.25) is 0 Å². The fourth-order valence-electron chi connectivity index (χ4n) is 4.40. The molecule has 1 aliphatic heterocycles. The average molecular weight is 333 g/mol. The van der Waals surface area contributed by atoms with E-state index in [9.17, 15) is 9.90 Å². The molecular weight excluding hydrogens is 310 g/mol. The lowest BCUT2D eigenvalue weighted by Gasteiger charge is -2.39. The molecule has 25 heavy (non-hydrogen) atoms. The van der Waals surface area contributed by atoms with Gasteiger partial charge in [0.1, 0.15) is 0 Å². The highest BCUT2D eigenvalue weighted by Gasteiger charge is 2.39. The van der Waals surface area contributed by atoms with Crippen LogP contribution in [0.4, 0.5) is 5.69 Å². The van der Waals surface area contributed by atoms with Crippen molar-refractivity contribution in [2.45, 2.75) is 38.1 Å². The largest absolute Gasteiger partial charge is 0.478 e. The molecule has 3 nitrogen and oxygen atoms in total. The van der Waals surface area contributed by atoms with E-state index >= 15 is 0 Å². The Bertz CT molecular complexity index is 853. The molecule has 1 heterocycles. The van der Waals surface area contributed by atoms with E-state index in [0.29, 0.717) is 23.3 Å². The van der Waals surface area contributed by atoms with Crippen LogP contribution < -0.4 is 5.32 Å². The molecule has 0 saturated carbocycles. The van der Waals surface area contributed by atoms with Crippen LogP contribution in [0.2, 0.25) is 0 Å². The van der Waals surface area contributed by atoms with E-state index in [1.807, 2.05) is 12.1 Å². The third kappa shape index (κ3) is 2.55. The Labute approximate surface area is 148 Å². The van der Waals surface area contributed by atoms with Crippen LogP contribution in [0, 0.1) is 5.92 Å². The van der Waals surface area contributed by atoms with E-state index in [1.54, 1.807) is 12.1 Å². The van der Waals surface area contributed by atoms with Crippen LogP contribution in [0.3, 0.4) is 0 Å². The standard InChI is InChI=1S/C22H23NO2/c1-13(2)14-9-5-11-16-15-10-6-12-17(15)21(23-20(14)16)18-7-3-4-8-19(18)22(24)25/h3-11,13,15,17,21,23H,12H2,1-2H3,(H,24,25)/t15-,17+,21-/m0/s1. The maximum atomic E-state index is 11.7. The lowest BCUT2D eigenvalue weighted by Crippen LogP contribution is -2.31. The van der Waals surface area contributed by atoms with Crippen molar-refractivity contribution in [3.05, 3.63) is 76.9 Å². The Morgan fingerprint density at radius 2 is 1.88 bits per heavy atom. The zero-order valence-electron chi connectivity index (χ0n) is 14.6. The van der Waals surface area contributed by atoms with E-state index in [4.69, 9.17) is 0 Å². The molecule has 4 rings (SSSR count). The Morgan fingerprint density at radius 3 is 2.64 bits per heavy atom. The summed E-state index contributed by atoms with van der Waals surface area (Å²) >= 11 is 0. The Balaban J connectivity index is 1.86. The van der Waals surface area contributed by atoms with Crippen molar-refractivity contribution >= 4 is 11.7 Å². The predicted octanol–water partition coefficient (Wildman–Crippen LogP) is 5.33. The average Bonchev–Trinajstić information content (AvgIpc) is 3.10. The molecule has 0 bridgehead atoms. The summed E-state index contributed by atoms with van der Waals surface area (Å²) in [6.07, 6.45) is 5.51. The quantitative estimate of drug-likeness (QED) is 0.746. The van der Waals surface area contributed by atoms with Crippen LogP contribution in [0.5, 0.6) is 0 Å². The lowest BCUT2D eigenvalue weighted by atomic mass is 9.75. The van der Waals surface area contributed by atoms with Gasteiger partial charge in [0.15, 0.2) is 0 Å². The number of hydrogen-bond acceptors (Lipinski definition) is 2. The number of aromatic carboxylic acids is 1. The van der Waals surface area contributed by atoms with Gasteiger partial charge in [-0.15, -0.1) is 0 Å². The molecule has 2 aromatic carbocycles. The van der Waals surface area contributed by atoms with Crippen molar-refractivity contribution in [1.29, 1.82) is 0 Å². The van der Waals surface area contributed by atoms with Crippen LogP contribution in [0.25, 0.3) is 0 Å². The number of para-hydroxylation sites is 1. The smallest absolute Gasteiger partial charge is 0.336 e. The summed E-state index contributed by atoms with van der Waals surface area (Å²) in [7, 11) is 0. The van der Waals surface area contributed by atoms with Gasteiger partial charge in [0, 0.05) is 11.6 Å². The number of benzene rings is 2. The number of carboxylic acids is 1. The van der Waals surface area contributed by atoms with Gasteiger partial charge in [0.05, 0.1) is 11.6 Å². The maximum absolute atomic E-state index is 11.7. The van der Waals surface area contributed by atoms with Gasteiger partial charge in [0.2, 0.25) is 0 Å². The second kappa shape index (κ2) is 6.07. The van der Waals surface area contributed by atoms with Gasteiger partial charge < -0.3 is 10.4 Å². The van der Waals surface area contributed by atoms with Crippen molar-refractivity contribution in [3.8, 4) is 0 Å². The van der Waals surface area contributed by atoms with E-state index in [0.717, 1.165) is 12.0 Å². The van der Waals surface area contributed by atoms with E-state index in [-0.39, 0.29) is 6.04 Å². The fraction of sp³-hybridized carbons (Fsp3) is 0.318. The van der Waals surface area contributed by atoms with Crippen LogP contribution in [0.1, 0.15) is 65.2 Å². The maximum Gasteiger partial charge on any atom is 0.336 e. The molecule has 0 radical (unpaired) electrons. The first-order valence-electron chi connectivity index (χ1n) is 8.96. The minimum absolute atomic E-state index is 0.0136. The van der Waals surface area contributed by atoms with Gasteiger partial charge in [-0.1, -0.05) is 62.4 Å². The molecule has 0 saturated heterocycles. The number of rotatable bonds is 3. The molecule has 0 fully saturated rings. The third-order valence-corrected chi connectivity index (χ3v) is 5.58. The summed E-state index contributed by atoms with van der Waals surface area (Å²) < 4.78 is 0. The van der Waals surface area contributed by atoms with E-state index in [2.05, 4.69) is 49.5 Å². The molecule has 3 heteroatoms. The van der Waals surface area contributed by atoms with Gasteiger partial charge >= 0.3 is 5.97 Å². The normalized spacial score (nSPS) is 23.9. The van der Waals surface area contributed by atoms with Crippen molar-refractivity contribution in [3.63, 3.8) is 0 Å². The predicted molar refractivity (Wildman–Crippen MR) is 100 cm³/mol. The molecule has 128 valence electrons. The summed E-state index contributed by atoms with van der Waals surface area (Å²) in [4.78, 5) is 11.7. The van der Waals surface area contributed by atoms with Gasteiger partial charge in [-0.05, 0) is 41.0 Å². The first-order valence-corrected chi connectivity index (χ1v) is 8.96. The van der Waals surface area contributed by atoms with Crippen LogP contribution in [0.15, 0.2) is 54.6 Å². The van der Waals surface area contributed by atoms with Crippen molar-refractivity contribution in [2.75, 3.05) is 5.32 Å². The van der Waals surface area contributed by atoms with Crippen molar-refractivity contribution < 1.29 is 9.90 Å². The van der Waals surface area contributed by atoms with Gasteiger partial charge in [-0.2, -0.15) is 0 Å². The Kier molecular flexibility index (Phi) is 3.87. The number of hydrogen-bond donors (Lipinski definition) is 2. The molecule has 2 aliphatic rings. The molecule has 2 N–H and O–H groups in total. The summed E-state index contributed by atoms with van der Waals surface area (Å²) in [6.45, 7) is 4.40. The van der Waals surface area contributed by atoms with E-state index in [1.165, 1.54) is 16.8 Å². The zero-order valence-corrected chi connectivity index (χ0v) is 14.6. The second-order valence-corrected chi connectivity index (χ2v) is 7.33. The number of nitrogens with one attached hydrogen (secondary N) is 1. The van der Waals surface area contributed by atoms with Gasteiger partial charge in [-0.25, -0.2) is 4.79 Å². The van der Waals surface area contributed by atoms with E-state index < -0.39 is 5.97 Å². The highest BCUT2D eigenvalue weighted by atomic mass is 16.4.